The number of amides is 1. The van der Waals surface area contributed by atoms with Gasteiger partial charge in [0.25, 0.3) is 5.91 Å². The van der Waals surface area contributed by atoms with E-state index in [1.54, 1.807) is 25.5 Å². The van der Waals surface area contributed by atoms with Crippen LogP contribution in [0.15, 0.2) is 47.6 Å². The van der Waals surface area contributed by atoms with E-state index in [1.165, 1.54) is 12.1 Å². The Bertz CT molecular complexity index is 817. The maximum absolute atomic E-state index is 12.1. The third-order valence-electron chi connectivity index (χ3n) is 4.33. The number of carbonyl (C=O) groups is 1. The van der Waals surface area contributed by atoms with Crippen molar-refractivity contribution in [3.8, 4) is 11.5 Å². The van der Waals surface area contributed by atoms with Gasteiger partial charge in [-0.25, -0.2) is 5.43 Å². The molecule has 27 heavy (non-hydrogen) atoms. The van der Waals surface area contributed by atoms with Crippen molar-refractivity contribution in [1.29, 1.82) is 0 Å². The van der Waals surface area contributed by atoms with Crippen LogP contribution in [0.2, 0.25) is 0 Å². The van der Waals surface area contributed by atoms with Crippen molar-refractivity contribution in [2.45, 2.75) is 6.54 Å². The smallest absolute Gasteiger partial charge is 0.275 e. The van der Waals surface area contributed by atoms with Gasteiger partial charge in [-0.1, -0.05) is 12.1 Å². The highest BCUT2D eigenvalue weighted by atomic mass is 16.5. The summed E-state index contributed by atoms with van der Waals surface area (Å²) in [5.41, 5.74) is 4.50. The average Bonchev–Trinajstić information content (AvgIpc) is 2.69. The highest BCUT2D eigenvalue weighted by molar-refractivity contribution is 5.97. The first-order chi connectivity index (χ1) is 13.2. The Balaban J connectivity index is 1.67. The van der Waals surface area contributed by atoms with Gasteiger partial charge in [-0.3, -0.25) is 9.69 Å². The van der Waals surface area contributed by atoms with E-state index in [0.717, 1.165) is 49.7 Å². The predicted octanol–water partition coefficient (Wildman–Crippen LogP) is 2.00. The van der Waals surface area contributed by atoms with Crippen LogP contribution in [-0.2, 0) is 11.3 Å². The van der Waals surface area contributed by atoms with Crippen LogP contribution in [0, 0.1) is 0 Å². The summed E-state index contributed by atoms with van der Waals surface area (Å²) in [5.74, 6) is 0.269. The molecule has 1 fully saturated rings. The van der Waals surface area contributed by atoms with Gasteiger partial charge in [-0.2, -0.15) is 5.10 Å². The molecular formula is C20H23N3O4. The van der Waals surface area contributed by atoms with E-state index in [2.05, 4.69) is 15.4 Å². The molecule has 1 heterocycles. The van der Waals surface area contributed by atoms with E-state index >= 15 is 0 Å². The van der Waals surface area contributed by atoms with Crippen LogP contribution in [0.3, 0.4) is 0 Å². The summed E-state index contributed by atoms with van der Waals surface area (Å²) >= 11 is 0. The lowest BCUT2D eigenvalue weighted by Crippen LogP contribution is -2.35. The third kappa shape index (κ3) is 5.06. The molecule has 1 aliphatic rings. The summed E-state index contributed by atoms with van der Waals surface area (Å²) in [6.45, 7) is 4.01. The minimum atomic E-state index is -0.466. The highest BCUT2D eigenvalue weighted by Crippen LogP contribution is 2.21. The molecule has 2 N–H and O–H groups in total. The number of hydrogen-bond acceptors (Lipinski definition) is 6. The largest absolute Gasteiger partial charge is 0.507 e. The Morgan fingerprint density at radius 1 is 1.30 bits per heavy atom. The molecule has 0 atom stereocenters. The van der Waals surface area contributed by atoms with Crippen molar-refractivity contribution in [3.63, 3.8) is 0 Å². The molecule has 0 radical (unpaired) electrons. The third-order valence-corrected chi connectivity index (χ3v) is 4.33. The van der Waals surface area contributed by atoms with Gasteiger partial charge < -0.3 is 14.6 Å². The highest BCUT2D eigenvalue weighted by Gasteiger charge is 2.14. The van der Waals surface area contributed by atoms with Crippen LogP contribution >= 0.6 is 0 Å². The van der Waals surface area contributed by atoms with Gasteiger partial charge in [-0.05, 0) is 35.9 Å². The maximum atomic E-state index is 12.1. The second-order valence-electron chi connectivity index (χ2n) is 6.18. The number of morpholine rings is 1. The minimum absolute atomic E-state index is 0.0811. The number of phenols is 1. The normalized spacial score (nSPS) is 15.0. The molecule has 7 heteroatoms. The van der Waals surface area contributed by atoms with Gasteiger partial charge in [0.15, 0.2) is 0 Å². The Hall–Kier alpha value is -2.90. The number of rotatable bonds is 6. The number of hydrazone groups is 1. The molecule has 2 aromatic carbocycles. The lowest BCUT2D eigenvalue weighted by atomic mass is 10.1. The van der Waals surface area contributed by atoms with E-state index in [9.17, 15) is 9.90 Å². The van der Waals surface area contributed by atoms with Crippen molar-refractivity contribution in [1.82, 2.24) is 10.3 Å². The van der Waals surface area contributed by atoms with Crippen LogP contribution in [0.5, 0.6) is 11.5 Å². The van der Waals surface area contributed by atoms with Gasteiger partial charge in [0.2, 0.25) is 0 Å². The van der Waals surface area contributed by atoms with E-state index in [1.807, 2.05) is 18.2 Å². The van der Waals surface area contributed by atoms with Crippen LogP contribution in [-0.4, -0.2) is 55.5 Å². The molecular weight excluding hydrogens is 346 g/mol. The number of nitrogens with zero attached hydrogens (tertiary/aromatic N) is 2. The van der Waals surface area contributed by atoms with Gasteiger partial charge in [0.1, 0.15) is 11.5 Å². The average molecular weight is 369 g/mol. The zero-order chi connectivity index (χ0) is 19.1. The molecule has 0 aliphatic carbocycles. The second kappa shape index (κ2) is 9.16. The van der Waals surface area contributed by atoms with Crippen molar-refractivity contribution in [3.05, 3.63) is 59.2 Å². The molecule has 0 unspecified atom stereocenters. The second-order valence-corrected chi connectivity index (χ2v) is 6.18. The van der Waals surface area contributed by atoms with E-state index in [4.69, 9.17) is 9.47 Å². The number of benzene rings is 2. The number of para-hydroxylation sites is 1. The Labute approximate surface area is 158 Å². The molecule has 3 rings (SSSR count). The summed E-state index contributed by atoms with van der Waals surface area (Å²) in [6.07, 6.45) is 1.57. The molecule has 0 bridgehead atoms. The quantitative estimate of drug-likeness (QED) is 0.601. The number of nitrogens with one attached hydrogen (secondary N) is 1. The van der Waals surface area contributed by atoms with Crippen LogP contribution in [0.4, 0.5) is 0 Å². The molecule has 1 amide bonds. The maximum Gasteiger partial charge on any atom is 0.275 e. The summed E-state index contributed by atoms with van der Waals surface area (Å²) < 4.78 is 10.8. The fourth-order valence-corrected chi connectivity index (χ4v) is 2.89. The van der Waals surface area contributed by atoms with Crippen molar-refractivity contribution in [2.24, 2.45) is 5.10 Å². The Morgan fingerprint density at radius 2 is 2.07 bits per heavy atom. The summed E-state index contributed by atoms with van der Waals surface area (Å²) in [5, 5.41) is 13.7. The number of hydrogen-bond donors (Lipinski definition) is 2. The fourth-order valence-electron chi connectivity index (χ4n) is 2.89. The molecule has 2 aromatic rings. The van der Waals surface area contributed by atoms with Gasteiger partial charge in [0.05, 0.1) is 32.1 Å². The molecule has 0 saturated carbocycles. The molecule has 7 nitrogen and oxygen atoms in total. The van der Waals surface area contributed by atoms with Crippen LogP contribution < -0.4 is 10.2 Å². The van der Waals surface area contributed by atoms with Crippen LogP contribution in [0.1, 0.15) is 21.5 Å². The Kier molecular flexibility index (Phi) is 6.40. The summed E-state index contributed by atoms with van der Waals surface area (Å²) in [4.78, 5) is 14.4. The van der Waals surface area contributed by atoms with Crippen molar-refractivity contribution >= 4 is 12.1 Å². The van der Waals surface area contributed by atoms with E-state index in [-0.39, 0.29) is 11.3 Å². The number of phenolic OH excluding ortho intramolecular Hbond substituents is 1. The lowest BCUT2D eigenvalue weighted by Gasteiger charge is -2.27. The van der Waals surface area contributed by atoms with Gasteiger partial charge >= 0.3 is 0 Å². The topological polar surface area (TPSA) is 83.4 Å². The monoisotopic (exact) mass is 369 g/mol. The molecule has 1 aliphatic heterocycles. The van der Waals surface area contributed by atoms with Crippen LogP contribution in [0.25, 0.3) is 0 Å². The number of methoxy groups -OCH3 is 1. The number of ether oxygens (including phenoxy) is 2. The summed E-state index contributed by atoms with van der Waals surface area (Å²) in [7, 11) is 1.65. The first kappa shape index (κ1) is 18.9. The molecule has 1 saturated heterocycles. The summed E-state index contributed by atoms with van der Waals surface area (Å²) in [6, 6.07) is 12.1. The molecule has 142 valence electrons. The first-order valence-electron chi connectivity index (χ1n) is 8.76. The van der Waals surface area contributed by atoms with E-state index < -0.39 is 5.91 Å². The Morgan fingerprint density at radius 3 is 2.81 bits per heavy atom. The van der Waals surface area contributed by atoms with Gasteiger partial charge in [0, 0.05) is 25.2 Å². The van der Waals surface area contributed by atoms with Gasteiger partial charge in [-0.15, -0.1) is 0 Å². The number of carbonyl (C=O) groups excluding carboxylic acids is 1. The fraction of sp³-hybridized carbons (Fsp3) is 0.300. The zero-order valence-electron chi connectivity index (χ0n) is 15.2. The zero-order valence-corrected chi connectivity index (χ0v) is 15.2. The lowest BCUT2D eigenvalue weighted by molar-refractivity contribution is 0.0339. The first-order valence-corrected chi connectivity index (χ1v) is 8.76. The van der Waals surface area contributed by atoms with Crippen molar-refractivity contribution < 1.29 is 19.4 Å². The molecule has 0 spiro atoms. The predicted molar refractivity (Wildman–Crippen MR) is 102 cm³/mol. The molecule has 0 aromatic heterocycles. The standard InChI is InChI=1S/C20H23N3O4/c1-26-19-7-6-15(12-16(19)14-23-8-10-27-11-9-23)13-21-22-20(25)17-4-2-3-5-18(17)24/h2-7,12-13,24H,8-11,14H2,1H3,(H,22,25)/b21-13+. The van der Waals surface area contributed by atoms with E-state index in [0.29, 0.717) is 0 Å². The number of aromatic hydroxyl groups is 1. The van der Waals surface area contributed by atoms with Crippen molar-refractivity contribution in [2.75, 3.05) is 33.4 Å². The SMILES string of the molecule is COc1ccc(/C=N/NC(=O)c2ccccc2O)cc1CN1CCOCC1. The minimum Gasteiger partial charge on any atom is -0.507 e.